The SMILES string of the molecule is CC(NC(=O)c1nn(-c2ccccc2)c(=O)n(Cc2cccc(C(F)(F)F)c2)c1=O)c1ccccc1. The highest BCUT2D eigenvalue weighted by atomic mass is 19.4. The monoisotopic (exact) mass is 494 g/mol. The average molecular weight is 494 g/mol. The number of hydrogen-bond acceptors (Lipinski definition) is 4. The zero-order valence-corrected chi connectivity index (χ0v) is 19.1. The van der Waals surface area contributed by atoms with Crippen LogP contribution in [0.5, 0.6) is 0 Å². The molecule has 0 fully saturated rings. The number of halogens is 3. The van der Waals surface area contributed by atoms with E-state index < -0.39 is 47.2 Å². The van der Waals surface area contributed by atoms with Crippen molar-refractivity contribution in [1.29, 1.82) is 0 Å². The lowest BCUT2D eigenvalue weighted by Gasteiger charge is -2.16. The van der Waals surface area contributed by atoms with Gasteiger partial charge in [-0.15, -0.1) is 0 Å². The van der Waals surface area contributed by atoms with Gasteiger partial charge in [0, 0.05) is 0 Å². The van der Waals surface area contributed by atoms with Crippen LogP contribution in [-0.2, 0) is 12.7 Å². The number of benzene rings is 3. The molecule has 0 aliphatic rings. The Kier molecular flexibility index (Phi) is 6.86. The quantitative estimate of drug-likeness (QED) is 0.440. The number of para-hydroxylation sites is 1. The van der Waals surface area contributed by atoms with Gasteiger partial charge in [0.1, 0.15) is 0 Å². The molecule has 0 aliphatic heterocycles. The van der Waals surface area contributed by atoms with Crippen LogP contribution in [0.1, 0.15) is 40.1 Å². The lowest BCUT2D eigenvalue weighted by molar-refractivity contribution is -0.137. The molecule has 1 unspecified atom stereocenters. The fraction of sp³-hybridized carbons (Fsp3) is 0.154. The normalized spacial score (nSPS) is 12.2. The number of nitrogens with one attached hydrogen (secondary N) is 1. The van der Waals surface area contributed by atoms with E-state index in [-0.39, 0.29) is 11.3 Å². The van der Waals surface area contributed by atoms with Gasteiger partial charge in [-0.05, 0) is 42.3 Å². The summed E-state index contributed by atoms with van der Waals surface area (Å²) in [5.41, 5.74) is -2.25. The summed E-state index contributed by atoms with van der Waals surface area (Å²) in [4.78, 5) is 39.5. The van der Waals surface area contributed by atoms with Crippen molar-refractivity contribution < 1.29 is 18.0 Å². The molecule has 4 rings (SSSR count). The van der Waals surface area contributed by atoms with Crippen molar-refractivity contribution in [2.24, 2.45) is 0 Å². The van der Waals surface area contributed by atoms with Gasteiger partial charge in [-0.2, -0.15) is 23.0 Å². The van der Waals surface area contributed by atoms with Gasteiger partial charge in [-0.25, -0.2) is 4.79 Å². The van der Waals surface area contributed by atoms with Crippen molar-refractivity contribution in [3.05, 3.63) is 128 Å². The predicted octanol–water partition coefficient (Wildman–Crippen LogP) is 3.95. The molecule has 10 heteroatoms. The summed E-state index contributed by atoms with van der Waals surface area (Å²) in [5, 5.41) is 6.72. The zero-order valence-electron chi connectivity index (χ0n) is 19.1. The maximum atomic E-state index is 13.2. The molecule has 0 saturated heterocycles. The molecule has 0 bridgehead atoms. The molecule has 1 aromatic heterocycles. The van der Waals surface area contributed by atoms with Crippen LogP contribution >= 0.6 is 0 Å². The second-order valence-corrected chi connectivity index (χ2v) is 8.07. The largest absolute Gasteiger partial charge is 0.416 e. The van der Waals surface area contributed by atoms with Crippen LogP contribution in [0, 0.1) is 0 Å². The minimum atomic E-state index is -4.60. The molecule has 0 saturated carbocycles. The van der Waals surface area contributed by atoms with Crippen LogP contribution in [0.3, 0.4) is 0 Å². The van der Waals surface area contributed by atoms with E-state index in [0.29, 0.717) is 4.57 Å². The summed E-state index contributed by atoms with van der Waals surface area (Å²) < 4.78 is 41.1. The van der Waals surface area contributed by atoms with E-state index in [9.17, 15) is 27.6 Å². The third kappa shape index (κ3) is 5.27. The summed E-state index contributed by atoms with van der Waals surface area (Å²) in [5.74, 6) is -0.821. The van der Waals surface area contributed by atoms with E-state index in [2.05, 4.69) is 10.4 Å². The maximum Gasteiger partial charge on any atom is 0.416 e. The van der Waals surface area contributed by atoms with E-state index in [1.165, 1.54) is 12.1 Å². The summed E-state index contributed by atoms with van der Waals surface area (Å²) >= 11 is 0. The number of aromatic nitrogens is 3. The van der Waals surface area contributed by atoms with E-state index in [4.69, 9.17) is 0 Å². The fourth-order valence-corrected chi connectivity index (χ4v) is 3.65. The molecule has 7 nitrogen and oxygen atoms in total. The Morgan fingerprint density at radius 1 is 0.944 bits per heavy atom. The van der Waals surface area contributed by atoms with Crippen LogP contribution in [0.4, 0.5) is 13.2 Å². The summed E-state index contributed by atoms with van der Waals surface area (Å²) in [6.07, 6.45) is -4.60. The Balaban J connectivity index is 1.80. The lowest BCUT2D eigenvalue weighted by Crippen LogP contribution is -2.46. The van der Waals surface area contributed by atoms with E-state index in [0.717, 1.165) is 22.4 Å². The summed E-state index contributed by atoms with van der Waals surface area (Å²) in [6.45, 7) is 1.24. The van der Waals surface area contributed by atoms with Gasteiger partial charge in [0.05, 0.1) is 23.8 Å². The summed E-state index contributed by atoms with van der Waals surface area (Å²) in [6, 6.07) is 21.0. The predicted molar refractivity (Wildman–Crippen MR) is 127 cm³/mol. The maximum absolute atomic E-state index is 13.2. The zero-order chi connectivity index (χ0) is 25.9. The second-order valence-electron chi connectivity index (χ2n) is 8.07. The van der Waals surface area contributed by atoms with Gasteiger partial charge in [-0.1, -0.05) is 60.7 Å². The van der Waals surface area contributed by atoms with E-state index in [1.807, 2.05) is 6.07 Å². The molecule has 0 radical (unpaired) electrons. The molecule has 36 heavy (non-hydrogen) atoms. The van der Waals surface area contributed by atoms with Crippen LogP contribution in [0.2, 0.25) is 0 Å². The first-order chi connectivity index (χ1) is 17.1. The third-order valence-corrected chi connectivity index (χ3v) is 5.52. The molecule has 4 aromatic rings. The van der Waals surface area contributed by atoms with Gasteiger partial charge in [0.2, 0.25) is 5.69 Å². The van der Waals surface area contributed by atoms with Gasteiger partial charge in [0.25, 0.3) is 11.5 Å². The first-order valence-electron chi connectivity index (χ1n) is 11.0. The first-order valence-corrected chi connectivity index (χ1v) is 11.0. The molecular weight excluding hydrogens is 473 g/mol. The highest BCUT2D eigenvalue weighted by Gasteiger charge is 2.30. The van der Waals surface area contributed by atoms with Crippen LogP contribution in [0.15, 0.2) is 94.5 Å². The Bertz CT molecular complexity index is 1500. The number of hydrogen-bond donors (Lipinski definition) is 1. The Labute approximate surface area is 203 Å². The fourth-order valence-electron chi connectivity index (χ4n) is 3.65. The number of carbonyl (C=O) groups is 1. The smallest absolute Gasteiger partial charge is 0.344 e. The van der Waals surface area contributed by atoms with E-state index in [1.54, 1.807) is 61.5 Å². The Hall–Kier alpha value is -4.47. The molecule has 3 aromatic carbocycles. The number of alkyl halides is 3. The standard InChI is InChI=1S/C26H21F3N4O3/c1-17(19-10-4-2-5-11-19)30-23(34)22-24(35)32(16-18-9-8-12-20(15-18)26(27,28)29)25(36)33(31-22)21-13-6-3-7-14-21/h2-15,17H,16H2,1H3,(H,30,34). The van der Waals surface area contributed by atoms with Gasteiger partial charge in [0.15, 0.2) is 0 Å². The van der Waals surface area contributed by atoms with Gasteiger partial charge >= 0.3 is 11.9 Å². The Morgan fingerprint density at radius 3 is 2.22 bits per heavy atom. The molecule has 184 valence electrons. The third-order valence-electron chi connectivity index (χ3n) is 5.52. The molecule has 0 aliphatic carbocycles. The lowest BCUT2D eigenvalue weighted by atomic mass is 10.1. The van der Waals surface area contributed by atoms with Crippen molar-refractivity contribution >= 4 is 5.91 Å². The number of nitrogens with zero attached hydrogens (tertiary/aromatic N) is 3. The van der Waals surface area contributed by atoms with Gasteiger partial charge < -0.3 is 5.32 Å². The molecule has 1 amide bonds. The van der Waals surface area contributed by atoms with Gasteiger partial charge in [-0.3, -0.25) is 14.2 Å². The molecule has 1 heterocycles. The van der Waals surface area contributed by atoms with Crippen LogP contribution in [-0.4, -0.2) is 20.3 Å². The number of rotatable bonds is 6. The van der Waals surface area contributed by atoms with Crippen molar-refractivity contribution in [3.63, 3.8) is 0 Å². The molecule has 1 N–H and O–H groups in total. The Morgan fingerprint density at radius 2 is 1.58 bits per heavy atom. The van der Waals surface area contributed by atoms with Crippen molar-refractivity contribution in [2.75, 3.05) is 0 Å². The van der Waals surface area contributed by atoms with E-state index >= 15 is 0 Å². The number of amides is 1. The molecular formula is C26H21F3N4O3. The summed E-state index contributed by atoms with van der Waals surface area (Å²) in [7, 11) is 0. The minimum absolute atomic E-state index is 0.0684. The highest BCUT2D eigenvalue weighted by Crippen LogP contribution is 2.29. The van der Waals surface area contributed by atoms with Crippen LogP contribution in [0.25, 0.3) is 5.69 Å². The second kappa shape index (κ2) is 10.0. The molecule has 1 atom stereocenters. The molecule has 0 spiro atoms. The topological polar surface area (TPSA) is 86.0 Å². The number of carbonyl (C=O) groups excluding carboxylic acids is 1. The average Bonchev–Trinajstić information content (AvgIpc) is 2.87. The van der Waals surface area contributed by atoms with Crippen LogP contribution < -0.4 is 16.6 Å². The van der Waals surface area contributed by atoms with Crippen molar-refractivity contribution in [3.8, 4) is 5.69 Å². The van der Waals surface area contributed by atoms with Crippen molar-refractivity contribution in [1.82, 2.24) is 19.7 Å². The highest BCUT2D eigenvalue weighted by molar-refractivity contribution is 5.92. The van der Waals surface area contributed by atoms with Crippen molar-refractivity contribution in [2.45, 2.75) is 25.7 Å². The first kappa shape index (κ1) is 24.6. The minimum Gasteiger partial charge on any atom is -0.344 e.